The first-order chi connectivity index (χ1) is 13.9. The summed E-state index contributed by atoms with van der Waals surface area (Å²) in [6.45, 7) is 8.05. The van der Waals surface area contributed by atoms with Crippen LogP contribution in [0.1, 0.15) is 41.2 Å². The van der Waals surface area contributed by atoms with Crippen LogP contribution in [0.2, 0.25) is 0 Å². The molecule has 0 aliphatic rings. The van der Waals surface area contributed by atoms with E-state index in [1.165, 1.54) is 0 Å². The van der Waals surface area contributed by atoms with Gasteiger partial charge in [0.15, 0.2) is 0 Å². The van der Waals surface area contributed by atoms with Crippen LogP contribution < -0.4 is 10.6 Å². The third kappa shape index (κ3) is 4.74. The van der Waals surface area contributed by atoms with Crippen molar-refractivity contribution in [3.63, 3.8) is 0 Å². The second kappa shape index (κ2) is 8.78. The van der Waals surface area contributed by atoms with E-state index in [0.717, 1.165) is 28.3 Å². The first kappa shape index (κ1) is 20.4. The van der Waals surface area contributed by atoms with Gasteiger partial charge in [-0.3, -0.25) is 9.59 Å². The van der Waals surface area contributed by atoms with Gasteiger partial charge in [0.05, 0.1) is 5.56 Å². The first-order valence-corrected chi connectivity index (χ1v) is 9.79. The molecule has 29 heavy (non-hydrogen) atoms. The van der Waals surface area contributed by atoms with Crippen LogP contribution in [0.5, 0.6) is 0 Å². The normalized spacial score (nSPS) is 10.8. The summed E-state index contributed by atoms with van der Waals surface area (Å²) < 4.78 is 2.08. The van der Waals surface area contributed by atoms with Gasteiger partial charge in [0.1, 0.15) is 0 Å². The van der Waals surface area contributed by atoms with Crippen molar-refractivity contribution in [2.45, 2.75) is 34.2 Å². The van der Waals surface area contributed by atoms with Crippen LogP contribution in [-0.2, 0) is 11.3 Å². The molecule has 3 rings (SSSR count). The van der Waals surface area contributed by atoms with Gasteiger partial charge in [0, 0.05) is 35.2 Å². The maximum absolute atomic E-state index is 12.8. The van der Waals surface area contributed by atoms with Crippen molar-refractivity contribution >= 4 is 17.5 Å². The number of rotatable bonds is 6. The molecule has 0 spiro atoms. The van der Waals surface area contributed by atoms with E-state index in [0.29, 0.717) is 12.1 Å². The zero-order valence-electron chi connectivity index (χ0n) is 17.3. The van der Waals surface area contributed by atoms with Gasteiger partial charge in [-0.2, -0.15) is 0 Å². The molecule has 3 aromatic rings. The molecule has 0 aliphatic heterocycles. The Balaban J connectivity index is 1.71. The smallest absolute Gasteiger partial charge is 0.253 e. The molecule has 150 valence electrons. The molecular weight excluding hydrogens is 362 g/mol. The van der Waals surface area contributed by atoms with Crippen molar-refractivity contribution in [1.29, 1.82) is 0 Å². The van der Waals surface area contributed by atoms with Crippen LogP contribution in [0.4, 0.5) is 5.69 Å². The average molecular weight is 389 g/mol. The van der Waals surface area contributed by atoms with Crippen molar-refractivity contribution in [1.82, 2.24) is 9.88 Å². The maximum atomic E-state index is 12.8. The van der Waals surface area contributed by atoms with Gasteiger partial charge < -0.3 is 15.2 Å². The molecule has 2 aromatic carbocycles. The predicted octanol–water partition coefficient (Wildman–Crippen LogP) is 4.62. The zero-order chi connectivity index (χ0) is 21.0. The summed E-state index contributed by atoms with van der Waals surface area (Å²) in [5.41, 5.74) is 5.28. The molecule has 0 fully saturated rings. The van der Waals surface area contributed by atoms with E-state index in [4.69, 9.17) is 0 Å². The molecule has 0 saturated carbocycles. The van der Waals surface area contributed by atoms with Crippen molar-refractivity contribution < 1.29 is 9.59 Å². The Hall–Kier alpha value is -3.34. The van der Waals surface area contributed by atoms with E-state index in [2.05, 4.69) is 15.2 Å². The van der Waals surface area contributed by atoms with Crippen LogP contribution in [0, 0.1) is 19.8 Å². The minimum atomic E-state index is -0.114. The van der Waals surface area contributed by atoms with Crippen LogP contribution in [0.15, 0.2) is 60.7 Å². The van der Waals surface area contributed by atoms with Crippen molar-refractivity contribution in [2.24, 2.45) is 5.92 Å². The van der Waals surface area contributed by atoms with Gasteiger partial charge in [-0.1, -0.05) is 44.2 Å². The number of hydrogen-bond donors (Lipinski definition) is 2. The molecule has 1 heterocycles. The van der Waals surface area contributed by atoms with Gasteiger partial charge in [-0.05, 0) is 49.7 Å². The SMILES string of the molecule is Cc1cc(C(=O)NCc2cccc(NC(=O)C(C)C)c2)c(C)n1-c1ccccc1. The Morgan fingerprint density at radius 1 is 0.966 bits per heavy atom. The highest BCUT2D eigenvalue weighted by Crippen LogP contribution is 2.21. The van der Waals surface area contributed by atoms with Crippen molar-refractivity contribution in [3.8, 4) is 5.69 Å². The fourth-order valence-corrected chi connectivity index (χ4v) is 3.29. The Kier molecular flexibility index (Phi) is 6.17. The molecule has 2 amide bonds. The molecule has 0 bridgehead atoms. The number of aryl methyl sites for hydroxylation is 1. The molecule has 2 N–H and O–H groups in total. The number of aromatic nitrogens is 1. The van der Waals surface area contributed by atoms with Gasteiger partial charge >= 0.3 is 0 Å². The average Bonchev–Trinajstić information content (AvgIpc) is 3.01. The van der Waals surface area contributed by atoms with E-state index < -0.39 is 0 Å². The van der Waals surface area contributed by atoms with Gasteiger partial charge in [-0.25, -0.2) is 0 Å². The lowest BCUT2D eigenvalue weighted by molar-refractivity contribution is -0.118. The Labute approximate surface area is 171 Å². The minimum Gasteiger partial charge on any atom is -0.348 e. The van der Waals surface area contributed by atoms with Gasteiger partial charge in [0.25, 0.3) is 5.91 Å². The summed E-state index contributed by atoms with van der Waals surface area (Å²) in [6.07, 6.45) is 0. The minimum absolute atomic E-state index is 0.0282. The standard InChI is InChI=1S/C24H27N3O2/c1-16(2)23(28)26-20-10-8-9-19(14-20)15-25-24(29)22-13-17(3)27(18(22)4)21-11-6-5-7-12-21/h5-14,16H,15H2,1-4H3,(H,25,29)(H,26,28). The van der Waals surface area contributed by atoms with E-state index in [1.807, 2.05) is 88.4 Å². The molecule has 5 nitrogen and oxygen atoms in total. The highest BCUT2D eigenvalue weighted by atomic mass is 16.2. The summed E-state index contributed by atoms with van der Waals surface area (Å²) in [4.78, 5) is 24.7. The number of carbonyl (C=O) groups excluding carboxylic acids is 2. The van der Waals surface area contributed by atoms with Gasteiger partial charge in [-0.15, -0.1) is 0 Å². The fourth-order valence-electron chi connectivity index (χ4n) is 3.29. The van der Waals surface area contributed by atoms with E-state index in [1.54, 1.807) is 0 Å². The van der Waals surface area contributed by atoms with Crippen LogP contribution in [0.25, 0.3) is 5.69 Å². The number of nitrogens with one attached hydrogen (secondary N) is 2. The quantitative estimate of drug-likeness (QED) is 0.646. The Morgan fingerprint density at radius 3 is 2.38 bits per heavy atom. The van der Waals surface area contributed by atoms with E-state index >= 15 is 0 Å². The van der Waals surface area contributed by atoms with Crippen LogP contribution in [-0.4, -0.2) is 16.4 Å². The molecule has 0 unspecified atom stereocenters. The Bertz CT molecular complexity index is 1020. The van der Waals surface area contributed by atoms with Crippen LogP contribution >= 0.6 is 0 Å². The fraction of sp³-hybridized carbons (Fsp3) is 0.250. The highest BCUT2D eigenvalue weighted by Gasteiger charge is 2.16. The number of amides is 2. The highest BCUT2D eigenvalue weighted by molar-refractivity contribution is 5.96. The molecular formula is C24H27N3O2. The monoisotopic (exact) mass is 389 g/mol. The second-order valence-corrected chi connectivity index (χ2v) is 7.48. The summed E-state index contributed by atoms with van der Waals surface area (Å²) in [6, 6.07) is 19.4. The third-order valence-corrected chi connectivity index (χ3v) is 4.86. The predicted molar refractivity (Wildman–Crippen MR) is 116 cm³/mol. The summed E-state index contributed by atoms with van der Waals surface area (Å²) in [7, 11) is 0. The zero-order valence-corrected chi connectivity index (χ0v) is 17.3. The number of benzene rings is 2. The molecule has 0 atom stereocenters. The number of para-hydroxylation sites is 1. The number of anilines is 1. The van der Waals surface area contributed by atoms with E-state index in [-0.39, 0.29) is 17.7 Å². The molecule has 0 radical (unpaired) electrons. The number of nitrogens with zero attached hydrogens (tertiary/aromatic N) is 1. The van der Waals surface area contributed by atoms with Crippen LogP contribution in [0.3, 0.4) is 0 Å². The summed E-state index contributed by atoms with van der Waals surface area (Å²) >= 11 is 0. The Morgan fingerprint density at radius 2 is 1.69 bits per heavy atom. The lowest BCUT2D eigenvalue weighted by atomic mass is 10.1. The third-order valence-electron chi connectivity index (χ3n) is 4.86. The van der Waals surface area contributed by atoms with Crippen molar-refractivity contribution in [3.05, 3.63) is 83.2 Å². The van der Waals surface area contributed by atoms with E-state index in [9.17, 15) is 9.59 Å². The lowest BCUT2D eigenvalue weighted by Gasteiger charge is -2.11. The van der Waals surface area contributed by atoms with Gasteiger partial charge in [0.2, 0.25) is 5.91 Å². The number of hydrogen-bond acceptors (Lipinski definition) is 2. The molecule has 0 aliphatic carbocycles. The molecule has 1 aromatic heterocycles. The largest absolute Gasteiger partial charge is 0.348 e. The molecule has 5 heteroatoms. The summed E-state index contributed by atoms with van der Waals surface area (Å²) in [5, 5.41) is 5.87. The second-order valence-electron chi connectivity index (χ2n) is 7.48. The molecule has 0 saturated heterocycles. The van der Waals surface area contributed by atoms with Crippen molar-refractivity contribution in [2.75, 3.05) is 5.32 Å². The maximum Gasteiger partial charge on any atom is 0.253 e. The first-order valence-electron chi connectivity index (χ1n) is 9.79. The lowest BCUT2D eigenvalue weighted by Crippen LogP contribution is -2.23. The summed E-state index contributed by atoms with van der Waals surface area (Å²) in [5.74, 6) is -0.227. The number of carbonyl (C=O) groups is 2. The topological polar surface area (TPSA) is 63.1 Å².